The summed E-state index contributed by atoms with van der Waals surface area (Å²) in [6, 6.07) is 6.23. The molecular weight excluding hydrogens is 465 g/mol. The number of alkyl halides is 2. The molecular formula is C20H17F3N4O5S. The molecule has 2 aliphatic heterocycles. The molecule has 0 saturated carbocycles. The fourth-order valence-electron chi connectivity index (χ4n) is 3.63. The molecule has 33 heavy (non-hydrogen) atoms. The summed E-state index contributed by atoms with van der Waals surface area (Å²) in [5.74, 6) is -1.23. The standard InChI is InChI=1S/C20H17F3N4O5S/c21-14-3-1-11(25-16(28)15-4-2-12(8-24-15)32-17(22)23)7-13(14)20-10(5-6-31-20)9-33-18(27-20)26-19(29)30/h1-4,7-8,10,17H,5-6,9H2,(H,25,28)(H,26,27)(H,29,30)/t10-,20+/m1/s1. The molecule has 4 rings (SSSR count). The van der Waals surface area contributed by atoms with Gasteiger partial charge >= 0.3 is 12.7 Å². The van der Waals surface area contributed by atoms with Crippen molar-refractivity contribution in [2.45, 2.75) is 18.8 Å². The van der Waals surface area contributed by atoms with E-state index in [-0.39, 0.29) is 33.8 Å². The van der Waals surface area contributed by atoms with E-state index in [2.05, 4.69) is 25.3 Å². The number of carbonyl (C=O) groups is 2. The van der Waals surface area contributed by atoms with Gasteiger partial charge in [-0.3, -0.25) is 10.1 Å². The number of hydrogen-bond acceptors (Lipinski definition) is 7. The summed E-state index contributed by atoms with van der Waals surface area (Å²) in [6.07, 6.45) is 0.286. The quantitative estimate of drug-likeness (QED) is 0.595. The third kappa shape index (κ3) is 4.88. The molecule has 0 spiro atoms. The molecule has 174 valence electrons. The first-order valence-electron chi connectivity index (χ1n) is 9.65. The van der Waals surface area contributed by atoms with Crippen molar-refractivity contribution >= 4 is 34.6 Å². The van der Waals surface area contributed by atoms with Gasteiger partial charge in [0.05, 0.1) is 12.8 Å². The van der Waals surface area contributed by atoms with Crippen LogP contribution in [0.1, 0.15) is 22.5 Å². The lowest BCUT2D eigenvalue weighted by Gasteiger charge is -2.35. The summed E-state index contributed by atoms with van der Waals surface area (Å²) in [7, 11) is 0. The number of carboxylic acid groups (broad SMARTS) is 1. The number of aromatic nitrogens is 1. The summed E-state index contributed by atoms with van der Waals surface area (Å²) in [6.45, 7) is -2.71. The van der Waals surface area contributed by atoms with Gasteiger partial charge in [-0.25, -0.2) is 19.2 Å². The lowest BCUT2D eigenvalue weighted by atomic mass is 9.89. The van der Waals surface area contributed by atoms with Crippen LogP contribution in [0.5, 0.6) is 5.75 Å². The van der Waals surface area contributed by atoms with Crippen molar-refractivity contribution in [2.24, 2.45) is 10.9 Å². The Morgan fingerprint density at radius 1 is 1.27 bits per heavy atom. The van der Waals surface area contributed by atoms with Crippen molar-refractivity contribution < 1.29 is 37.3 Å². The molecule has 1 aromatic heterocycles. The zero-order valence-corrected chi connectivity index (χ0v) is 17.6. The van der Waals surface area contributed by atoms with Gasteiger partial charge in [0.2, 0.25) is 0 Å². The minimum Gasteiger partial charge on any atom is -0.465 e. The number of fused-ring (bicyclic) bond motifs is 1. The predicted octanol–water partition coefficient (Wildman–Crippen LogP) is 3.63. The second-order valence-corrected chi connectivity index (χ2v) is 8.10. The molecule has 2 amide bonds. The van der Waals surface area contributed by atoms with Gasteiger partial charge < -0.3 is 19.9 Å². The van der Waals surface area contributed by atoms with E-state index in [9.17, 15) is 22.8 Å². The summed E-state index contributed by atoms with van der Waals surface area (Å²) < 4.78 is 49.4. The highest BCUT2D eigenvalue weighted by molar-refractivity contribution is 8.13. The van der Waals surface area contributed by atoms with Crippen LogP contribution in [0.4, 0.5) is 23.7 Å². The lowest BCUT2D eigenvalue weighted by molar-refractivity contribution is -0.0500. The Bertz CT molecular complexity index is 1100. The zero-order chi connectivity index (χ0) is 23.6. The fourth-order valence-corrected chi connectivity index (χ4v) is 4.74. The number of anilines is 1. The molecule has 0 aliphatic carbocycles. The number of nitrogens with zero attached hydrogens (tertiary/aromatic N) is 2. The van der Waals surface area contributed by atoms with E-state index >= 15 is 0 Å². The maximum atomic E-state index is 14.9. The van der Waals surface area contributed by atoms with E-state index < -0.39 is 30.2 Å². The lowest BCUT2D eigenvalue weighted by Crippen LogP contribution is -2.41. The van der Waals surface area contributed by atoms with Crippen molar-refractivity contribution in [1.29, 1.82) is 0 Å². The Morgan fingerprint density at radius 3 is 2.79 bits per heavy atom. The molecule has 1 aromatic carbocycles. The highest BCUT2D eigenvalue weighted by Gasteiger charge is 2.50. The minimum atomic E-state index is -3.02. The first kappa shape index (κ1) is 22.9. The van der Waals surface area contributed by atoms with E-state index in [1.54, 1.807) is 0 Å². The van der Waals surface area contributed by atoms with E-state index in [1.165, 1.54) is 36.0 Å². The highest BCUT2D eigenvalue weighted by Crippen LogP contribution is 2.48. The van der Waals surface area contributed by atoms with Gasteiger partial charge in [-0.1, -0.05) is 11.8 Å². The van der Waals surface area contributed by atoms with Crippen molar-refractivity contribution in [2.75, 3.05) is 17.7 Å². The molecule has 2 atom stereocenters. The number of nitrogens with one attached hydrogen (secondary N) is 2. The van der Waals surface area contributed by atoms with Crippen LogP contribution < -0.4 is 15.4 Å². The van der Waals surface area contributed by atoms with Crippen LogP contribution in [-0.4, -0.2) is 46.2 Å². The Labute approximate surface area is 189 Å². The van der Waals surface area contributed by atoms with Crippen molar-refractivity contribution in [3.05, 3.63) is 53.6 Å². The molecule has 2 aliphatic rings. The number of thioether (sulfide) groups is 1. The number of hydrogen-bond donors (Lipinski definition) is 3. The molecule has 13 heteroatoms. The topological polar surface area (TPSA) is 122 Å². The molecule has 3 N–H and O–H groups in total. The number of carbonyl (C=O) groups excluding carboxylic acids is 1. The number of pyridine rings is 1. The average molecular weight is 482 g/mol. The van der Waals surface area contributed by atoms with E-state index in [1.807, 2.05) is 0 Å². The van der Waals surface area contributed by atoms with Gasteiger partial charge in [0.1, 0.15) is 17.3 Å². The first-order valence-corrected chi connectivity index (χ1v) is 10.6. The third-order valence-electron chi connectivity index (χ3n) is 5.05. The smallest absolute Gasteiger partial charge is 0.410 e. The summed E-state index contributed by atoms with van der Waals surface area (Å²) in [5, 5.41) is 13.9. The fraction of sp³-hybridized carbons (Fsp3) is 0.300. The summed E-state index contributed by atoms with van der Waals surface area (Å²) >= 11 is 1.20. The van der Waals surface area contributed by atoms with Gasteiger partial charge in [0.25, 0.3) is 5.91 Å². The number of ether oxygens (including phenoxy) is 2. The molecule has 0 unspecified atom stereocenters. The SMILES string of the molecule is O=C(O)NC1=N[C@]2(c3cc(NC(=O)c4ccc(OC(F)F)cn4)ccc3F)OCC[C@@H]2CS1. The molecule has 9 nitrogen and oxygen atoms in total. The van der Waals surface area contributed by atoms with Crippen molar-refractivity contribution in [3.63, 3.8) is 0 Å². The number of halogens is 3. The van der Waals surface area contributed by atoms with Crippen LogP contribution in [0.2, 0.25) is 0 Å². The van der Waals surface area contributed by atoms with Crippen LogP contribution in [0.15, 0.2) is 41.5 Å². The number of aliphatic imine (C=N–C) groups is 1. The van der Waals surface area contributed by atoms with Gasteiger partial charge in [-0.2, -0.15) is 8.78 Å². The van der Waals surface area contributed by atoms with Gasteiger partial charge in [-0.05, 0) is 36.8 Å². The average Bonchev–Trinajstić information content (AvgIpc) is 3.19. The molecule has 0 bridgehead atoms. The van der Waals surface area contributed by atoms with Crippen LogP contribution in [-0.2, 0) is 10.5 Å². The minimum absolute atomic E-state index is 0.0569. The molecule has 2 aromatic rings. The van der Waals surface area contributed by atoms with Crippen LogP contribution in [0, 0.1) is 11.7 Å². The van der Waals surface area contributed by atoms with Crippen LogP contribution >= 0.6 is 11.8 Å². The van der Waals surface area contributed by atoms with Gasteiger partial charge in [0, 0.05) is 22.9 Å². The largest absolute Gasteiger partial charge is 0.465 e. The van der Waals surface area contributed by atoms with Crippen molar-refractivity contribution in [1.82, 2.24) is 10.3 Å². The molecule has 3 heterocycles. The van der Waals surface area contributed by atoms with Gasteiger partial charge in [-0.15, -0.1) is 0 Å². The monoisotopic (exact) mass is 482 g/mol. The zero-order valence-electron chi connectivity index (χ0n) is 16.8. The van der Waals surface area contributed by atoms with Gasteiger partial charge in [0.15, 0.2) is 10.9 Å². The molecule has 1 saturated heterocycles. The maximum Gasteiger partial charge on any atom is 0.410 e. The normalized spacial score (nSPS) is 21.8. The second kappa shape index (κ2) is 9.27. The molecule has 1 fully saturated rings. The third-order valence-corrected chi connectivity index (χ3v) is 6.08. The summed E-state index contributed by atoms with van der Waals surface area (Å²) in [4.78, 5) is 31.7. The van der Waals surface area contributed by atoms with Crippen molar-refractivity contribution in [3.8, 4) is 5.75 Å². The second-order valence-electron chi connectivity index (χ2n) is 7.10. The predicted molar refractivity (Wildman–Crippen MR) is 112 cm³/mol. The van der Waals surface area contributed by atoms with E-state index in [0.29, 0.717) is 18.8 Å². The number of benzene rings is 1. The Balaban J connectivity index is 1.60. The number of amides is 2. The van der Waals surface area contributed by atoms with Crippen LogP contribution in [0.3, 0.4) is 0 Å². The maximum absolute atomic E-state index is 14.9. The Kier molecular flexibility index (Phi) is 6.42. The molecule has 0 radical (unpaired) electrons. The van der Waals surface area contributed by atoms with Crippen LogP contribution in [0.25, 0.3) is 0 Å². The number of rotatable bonds is 5. The highest BCUT2D eigenvalue weighted by atomic mass is 32.2. The number of amidine groups is 1. The Morgan fingerprint density at radius 2 is 2.09 bits per heavy atom. The van der Waals surface area contributed by atoms with E-state index in [0.717, 1.165) is 12.3 Å². The van der Waals surface area contributed by atoms with E-state index in [4.69, 9.17) is 9.84 Å². The Hall–Kier alpha value is -3.32. The first-order chi connectivity index (χ1) is 15.8. The summed E-state index contributed by atoms with van der Waals surface area (Å²) in [5.41, 5.74) is -1.23.